The van der Waals surface area contributed by atoms with Crippen molar-refractivity contribution in [1.29, 1.82) is 0 Å². The van der Waals surface area contributed by atoms with E-state index in [9.17, 15) is 8.42 Å². The summed E-state index contributed by atoms with van der Waals surface area (Å²) in [5, 5.41) is 0.0611. The maximum Gasteiger partial charge on any atom is 0.217 e. The highest BCUT2D eigenvalue weighted by atomic mass is 32.2. The van der Waals surface area contributed by atoms with E-state index in [1.165, 1.54) is 6.07 Å². The molecule has 0 aliphatic heterocycles. The van der Waals surface area contributed by atoms with Crippen LogP contribution in [-0.4, -0.2) is 14.7 Å². The van der Waals surface area contributed by atoms with Crippen LogP contribution in [0.1, 0.15) is 19.1 Å². The molecule has 1 rings (SSSR count). The van der Waals surface area contributed by atoms with E-state index in [4.69, 9.17) is 4.42 Å². The number of hydrogen-bond donors (Lipinski definition) is 0. The summed E-state index contributed by atoms with van der Waals surface area (Å²) in [6.45, 7) is 2.02. The van der Waals surface area contributed by atoms with Crippen LogP contribution in [0.15, 0.2) is 21.6 Å². The Balaban J connectivity index is 2.92. The first-order chi connectivity index (χ1) is 5.54. The highest BCUT2D eigenvalue weighted by Gasteiger charge is 2.11. The highest BCUT2D eigenvalue weighted by molar-refractivity contribution is 7.90. The second kappa shape index (κ2) is 3.31. The van der Waals surface area contributed by atoms with Crippen LogP contribution in [-0.2, 0) is 16.3 Å². The molecule has 4 heteroatoms. The molecule has 0 aliphatic rings. The number of aryl methyl sites for hydroxylation is 1. The van der Waals surface area contributed by atoms with Crippen molar-refractivity contribution in [1.82, 2.24) is 0 Å². The molecular formula is C8H12O3S. The fourth-order valence-corrected chi connectivity index (χ4v) is 1.51. The average Bonchev–Trinajstić information content (AvgIpc) is 2.35. The lowest BCUT2D eigenvalue weighted by molar-refractivity contribution is 0.414. The third-order valence-corrected chi connectivity index (χ3v) is 2.45. The molecule has 0 aliphatic carbocycles. The van der Waals surface area contributed by atoms with Gasteiger partial charge in [-0.05, 0) is 18.6 Å². The van der Waals surface area contributed by atoms with Crippen LogP contribution in [0.25, 0.3) is 0 Å². The monoisotopic (exact) mass is 188 g/mol. The number of furan rings is 1. The van der Waals surface area contributed by atoms with E-state index in [-0.39, 0.29) is 5.09 Å². The molecule has 0 saturated carbocycles. The Kier molecular flexibility index (Phi) is 2.57. The van der Waals surface area contributed by atoms with Crippen LogP contribution in [0.2, 0.25) is 0 Å². The normalized spacial score (nSPS) is 11.8. The van der Waals surface area contributed by atoms with Crippen LogP contribution in [0.4, 0.5) is 0 Å². The summed E-state index contributed by atoms with van der Waals surface area (Å²) in [7, 11) is -3.17. The maximum absolute atomic E-state index is 11.0. The summed E-state index contributed by atoms with van der Waals surface area (Å²) < 4.78 is 27.0. The Labute approximate surface area is 72.3 Å². The number of sulfone groups is 1. The Morgan fingerprint density at radius 2 is 2.08 bits per heavy atom. The third-order valence-electron chi connectivity index (χ3n) is 1.50. The summed E-state index contributed by atoms with van der Waals surface area (Å²) in [5.41, 5.74) is 0. The molecule has 0 bridgehead atoms. The van der Waals surface area contributed by atoms with Crippen LogP contribution in [0.5, 0.6) is 0 Å². The summed E-state index contributed by atoms with van der Waals surface area (Å²) in [6.07, 6.45) is 2.88. The van der Waals surface area contributed by atoms with Gasteiger partial charge in [0, 0.05) is 12.7 Å². The topological polar surface area (TPSA) is 47.3 Å². The van der Waals surface area contributed by atoms with Gasteiger partial charge in [0.15, 0.2) is 0 Å². The highest BCUT2D eigenvalue weighted by Crippen LogP contribution is 2.14. The lowest BCUT2D eigenvalue weighted by Gasteiger charge is -1.91. The Morgan fingerprint density at radius 3 is 2.50 bits per heavy atom. The second-order valence-corrected chi connectivity index (χ2v) is 4.69. The minimum Gasteiger partial charge on any atom is -0.450 e. The molecule has 0 radical (unpaired) electrons. The van der Waals surface area contributed by atoms with Gasteiger partial charge in [-0.1, -0.05) is 6.92 Å². The minimum absolute atomic E-state index is 0.0611. The molecule has 0 N–H and O–H groups in total. The van der Waals surface area contributed by atoms with Gasteiger partial charge < -0.3 is 4.42 Å². The van der Waals surface area contributed by atoms with Crippen molar-refractivity contribution in [3.63, 3.8) is 0 Å². The summed E-state index contributed by atoms with van der Waals surface area (Å²) in [4.78, 5) is 0. The zero-order valence-electron chi connectivity index (χ0n) is 7.20. The first-order valence-electron chi connectivity index (χ1n) is 3.83. The van der Waals surface area contributed by atoms with E-state index in [0.717, 1.165) is 24.9 Å². The SMILES string of the molecule is CCCc1ccc(S(C)(=O)=O)o1. The van der Waals surface area contributed by atoms with Gasteiger partial charge in [0.2, 0.25) is 14.9 Å². The summed E-state index contributed by atoms with van der Waals surface area (Å²) in [6, 6.07) is 3.21. The fraction of sp³-hybridized carbons (Fsp3) is 0.500. The van der Waals surface area contributed by atoms with Gasteiger partial charge in [-0.25, -0.2) is 8.42 Å². The largest absolute Gasteiger partial charge is 0.450 e. The molecule has 12 heavy (non-hydrogen) atoms. The van der Waals surface area contributed by atoms with Gasteiger partial charge in [0.05, 0.1) is 0 Å². The molecule has 0 saturated heterocycles. The van der Waals surface area contributed by atoms with Crippen molar-refractivity contribution in [3.05, 3.63) is 17.9 Å². The van der Waals surface area contributed by atoms with Crippen LogP contribution >= 0.6 is 0 Å². The predicted octanol–water partition coefficient (Wildman–Crippen LogP) is 1.64. The van der Waals surface area contributed by atoms with Crippen molar-refractivity contribution in [2.24, 2.45) is 0 Å². The Hall–Kier alpha value is -0.770. The molecule has 0 spiro atoms. The molecule has 0 fully saturated rings. The average molecular weight is 188 g/mol. The van der Waals surface area contributed by atoms with Gasteiger partial charge in [0.1, 0.15) is 5.76 Å². The molecule has 1 aromatic rings. The molecule has 0 aromatic carbocycles. The van der Waals surface area contributed by atoms with Gasteiger partial charge in [0.25, 0.3) is 0 Å². The van der Waals surface area contributed by atoms with Crippen LogP contribution in [0, 0.1) is 0 Å². The number of rotatable bonds is 3. The van der Waals surface area contributed by atoms with Crippen molar-refractivity contribution < 1.29 is 12.8 Å². The number of hydrogen-bond acceptors (Lipinski definition) is 3. The van der Waals surface area contributed by atoms with Gasteiger partial charge in [-0.2, -0.15) is 0 Å². The van der Waals surface area contributed by atoms with Gasteiger partial charge in [-0.15, -0.1) is 0 Å². The van der Waals surface area contributed by atoms with Crippen molar-refractivity contribution in [3.8, 4) is 0 Å². The minimum atomic E-state index is -3.17. The zero-order chi connectivity index (χ0) is 9.19. The molecule has 0 unspecified atom stereocenters. The van der Waals surface area contributed by atoms with Crippen molar-refractivity contribution in [2.75, 3.05) is 6.26 Å². The van der Waals surface area contributed by atoms with Gasteiger partial charge in [-0.3, -0.25) is 0 Å². The lowest BCUT2D eigenvalue weighted by atomic mass is 10.3. The molecule has 68 valence electrons. The fourth-order valence-electron chi connectivity index (χ4n) is 0.938. The van der Waals surface area contributed by atoms with Crippen molar-refractivity contribution in [2.45, 2.75) is 24.9 Å². The third kappa shape index (κ3) is 2.11. The zero-order valence-corrected chi connectivity index (χ0v) is 8.02. The summed E-state index contributed by atoms with van der Waals surface area (Å²) >= 11 is 0. The van der Waals surface area contributed by atoms with Crippen molar-refractivity contribution >= 4 is 9.84 Å². The molecule has 0 amide bonds. The quantitative estimate of drug-likeness (QED) is 0.724. The van der Waals surface area contributed by atoms with E-state index in [1.807, 2.05) is 6.92 Å². The molecule has 0 atom stereocenters. The molecule has 3 nitrogen and oxygen atoms in total. The smallest absolute Gasteiger partial charge is 0.217 e. The van der Waals surface area contributed by atoms with Crippen LogP contribution < -0.4 is 0 Å². The first kappa shape index (κ1) is 9.32. The van der Waals surface area contributed by atoms with E-state index < -0.39 is 9.84 Å². The molecular weight excluding hydrogens is 176 g/mol. The molecule has 1 aromatic heterocycles. The molecule has 1 heterocycles. The first-order valence-corrected chi connectivity index (χ1v) is 5.72. The standard InChI is InChI=1S/C8H12O3S/c1-3-4-7-5-6-8(11-7)12(2,9)10/h5-6H,3-4H2,1-2H3. The van der Waals surface area contributed by atoms with E-state index in [0.29, 0.717) is 0 Å². The summed E-state index contributed by atoms with van der Waals surface area (Å²) in [5.74, 6) is 0.734. The van der Waals surface area contributed by atoms with Crippen LogP contribution in [0.3, 0.4) is 0 Å². The predicted molar refractivity (Wildman–Crippen MR) is 45.8 cm³/mol. The Bertz CT molecular complexity index is 348. The van der Waals surface area contributed by atoms with E-state index in [1.54, 1.807) is 6.07 Å². The second-order valence-electron chi connectivity index (χ2n) is 2.74. The Morgan fingerprint density at radius 1 is 1.42 bits per heavy atom. The van der Waals surface area contributed by atoms with E-state index >= 15 is 0 Å². The lowest BCUT2D eigenvalue weighted by Crippen LogP contribution is -1.93. The van der Waals surface area contributed by atoms with Gasteiger partial charge >= 0.3 is 0 Å². The van der Waals surface area contributed by atoms with E-state index in [2.05, 4.69) is 0 Å². The maximum atomic E-state index is 11.0.